The Morgan fingerprint density at radius 1 is 1.25 bits per heavy atom. The Hall–Kier alpha value is -0.320. The second-order valence-electron chi connectivity index (χ2n) is 4.99. The number of aromatic nitrogens is 1. The van der Waals surface area contributed by atoms with Crippen molar-refractivity contribution in [3.8, 4) is 0 Å². The molecule has 1 aliphatic rings. The highest BCUT2D eigenvalue weighted by Crippen LogP contribution is 2.33. The van der Waals surface area contributed by atoms with E-state index in [9.17, 15) is 0 Å². The maximum Gasteiger partial charge on any atom is 0.147 e. The molecule has 1 heterocycles. The minimum Gasteiger partial charge on any atom is -0.369 e. The number of rotatable bonds is 5. The predicted octanol–water partition coefficient (Wildman–Crippen LogP) is 4.91. The summed E-state index contributed by atoms with van der Waals surface area (Å²) in [6.45, 7) is 2.80. The topological polar surface area (TPSA) is 37.0 Å². The molecule has 6 heteroatoms. The first-order chi connectivity index (χ1) is 9.65. The van der Waals surface area contributed by atoms with Crippen molar-refractivity contribution in [3.63, 3.8) is 0 Å². The zero-order valence-corrected chi connectivity index (χ0v) is 14.2. The summed E-state index contributed by atoms with van der Waals surface area (Å²) < 4.78 is 0. The monoisotopic (exact) mass is 333 g/mol. The Labute approximate surface area is 135 Å². The molecule has 112 valence electrons. The lowest BCUT2D eigenvalue weighted by Gasteiger charge is -2.31. The third kappa shape index (κ3) is 3.86. The zero-order valence-electron chi connectivity index (χ0n) is 11.9. The van der Waals surface area contributed by atoms with E-state index in [1.807, 2.05) is 18.7 Å². The molecule has 0 amide bonds. The van der Waals surface area contributed by atoms with Crippen LogP contribution in [0.25, 0.3) is 0 Å². The van der Waals surface area contributed by atoms with Crippen molar-refractivity contribution in [1.29, 1.82) is 0 Å². The molecule has 2 rings (SSSR count). The fraction of sp³-hybridized carbons (Fsp3) is 0.643. The van der Waals surface area contributed by atoms with Crippen LogP contribution < -0.4 is 10.6 Å². The van der Waals surface area contributed by atoms with Gasteiger partial charge < -0.3 is 10.6 Å². The molecule has 1 aromatic heterocycles. The zero-order chi connectivity index (χ0) is 14.5. The minimum absolute atomic E-state index is 0.430. The molecule has 1 saturated carbocycles. The summed E-state index contributed by atoms with van der Waals surface area (Å²) in [6.07, 6.45) is 7.17. The molecule has 20 heavy (non-hydrogen) atoms. The summed E-state index contributed by atoms with van der Waals surface area (Å²) in [4.78, 5) is 4.53. The normalized spacial score (nSPS) is 22.6. The van der Waals surface area contributed by atoms with Crippen LogP contribution in [0.3, 0.4) is 0 Å². The maximum absolute atomic E-state index is 6.27. The minimum atomic E-state index is 0.430. The highest BCUT2D eigenvalue weighted by Gasteiger charge is 2.25. The van der Waals surface area contributed by atoms with Gasteiger partial charge in [0.2, 0.25) is 0 Å². The molecule has 0 spiro atoms. The molecule has 1 fully saturated rings. The molecular formula is C14H21Cl2N3S. The van der Waals surface area contributed by atoms with Crippen molar-refractivity contribution in [2.45, 2.75) is 43.9 Å². The van der Waals surface area contributed by atoms with Gasteiger partial charge in [-0.1, -0.05) is 36.0 Å². The molecule has 1 aromatic rings. The van der Waals surface area contributed by atoms with E-state index in [2.05, 4.69) is 21.9 Å². The van der Waals surface area contributed by atoms with Gasteiger partial charge in [0.05, 0.1) is 10.0 Å². The molecule has 0 radical (unpaired) electrons. The number of nitrogens with zero attached hydrogens (tertiary/aromatic N) is 1. The van der Waals surface area contributed by atoms with Gasteiger partial charge in [-0.15, -0.1) is 0 Å². The number of nitrogens with one attached hydrogen (secondary N) is 2. The van der Waals surface area contributed by atoms with Crippen LogP contribution in [-0.2, 0) is 0 Å². The highest BCUT2D eigenvalue weighted by molar-refractivity contribution is 7.99. The van der Waals surface area contributed by atoms with Gasteiger partial charge in [-0.3, -0.25) is 0 Å². The number of pyridine rings is 1. The van der Waals surface area contributed by atoms with E-state index in [0.29, 0.717) is 27.2 Å². The van der Waals surface area contributed by atoms with Gasteiger partial charge in [0.1, 0.15) is 11.6 Å². The van der Waals surface area contributed by atoms with Crippen molar-refractivity contribution in [1.82, 2.24) is 4.98 Å². The summed E-state index contributed by atoms with van der Waals surface area (Å²) >= 11 is 14.3. The molecule has 3 nitrogen and oxygen atoms in total. The Morgan fingerprint density at radius 2 is 1.95 bits per heavy atom. The van der Waals surface area contributed by atoms with E-state index in [0.717, 1.165) is 12.4 Å². The molecule has 0 saturated heterocycles. The number of anilines is 2. The lowest BCUT2D eigenvalue weighted by atomic mass is 9.95. The Bertz CT molecular complexity index is 456. The van der Waals surface area contributed by atoms with Crippen molar-refractivity contribution in [3.05, 3.63) is 16.1 Å². The van der Waals surface area contributed by atoms with Gasteiger partial charge in [-0.05, 0) is 32.1 Å². The van der Waals surface area contributed by atoms with Crippen LogP contribution >= 0.6 is 35.0 Å². The van der Waals surface area contributed by atoms with Crippen LogP contribution in [0.5, 0.6) is 0 Å². The molecule has 2 atom stereocenters. The maximum atomic E-state index is 6.27. The first kappa shape index (κ1) is 16.1. The van der Waals surface area contributed by atoms with Crippen LogP contribution in [0.1, 0.15) is 32.6 Å². The molecule has 1 aliphatic carbocycles. The average molecular weight is 334 g/mol. The van der Waals surface area contributed by atoms with Gasteiger partial charge >= 0.3 is 0 Å². The lowest BCUT2D eigenvalue weighted by molar-refractivity contribution is 0.474. The van der Waals surface area contributed by atoms with Gasteiger partial charge in [-0.2, -0.15) is 11.8 Å². The SMILES string of the molecule is CCNc1nc(NC2CCCCC2SC)c(Cl)cc1Cl. The summed E-state index contributed by atoms with van der Waals surface area (Å²) in [5, 5.41) is 8.45. The highest BCUT2D eigenvalue weighted by atomic mass is 35.5. The van der Waals surface area contributed by atoms with E-state index in [1.54, 1.807) is 6.07 Å². The van der Waals surface area contributed by atoms with Gasteiger partial charge in [0, 0.05) is 17.8 Å². The second kappa shape index (κ2) is 7.62. The fourth-order valence-electron chi connectivity index (χ4n) is 2.58. The standard InChI is InChI=1S/C14H21Cl2N3S/c1-3-17-13-9(15)8-10(16)14(19-13)18-11-6-4-5-7-12(11)20-2/h8,11-12H,3-7H2,1-2H3,(H2,17,18,19). The van der Waals surface area contributed by atoms with E-state index in [4.69, 9.17) is 23.2 Å². The van der Waals surface area contributed by atoms with Crippen LogP contribution in [0, 0.1) is 0 Å². The molecule has 0 bridgehead atoms. The summed E-state index contributed by atoms with van der Waals surface area (Å²) in [5.41, 5.74) is 0. The van der Waals surface area contributed by atoms with Crippen LogP contribution in [0.4, 0.5) is 11.6 Å². The molecule has 2 N–H and O–H groups in total. The largest absolute Gasteiger partial charge is 0.369 e. The molecular weight excluding hydrogens is 313 g/mol. The summed E-state index contributed by atoms with van der Waals surface area (Å²) in [5.74, 6) is 1.43. The number of thioether (sulfide) groups is 1. The van der Waals surface area contributed by atoms with Crippen molar-refractivity contribution in [2.24, 2.45) is 0 Å². The van der Waals surface area contributed by atoms with E-state index in [-0.39, 0.29) is 0 Å². The van der Waals surface area contributed by atoms with Gasteiger partial charge in [0.25, 0.3) is 0 Å². The average Bonchev–Trinajstić information content (AvgIpc) is 2.45. The van der Waals surface area contributed by atoms with Gasteiger partial charge in [0.15, 0.2) is 0 Å². The van der Waals surface area contributed by atoms with Crippen molar-refractivity contribution < 1.29 is 0 Å². The van der Waals surface area contributed by atoms with E-state index < -0.39 is 0 Å². The summed E-state index contributed by atoms with van der Waals surface area (Å²) in [7, 11) is 0. The van der Waals surface area contributed by atoms with E-state index in [1.165, 1.54) is 25.7 Å². The first-order valence-electron chi connectivity index (χ1n) is 7.05. The Balaban J connectivity index is 2.17. The van der Waals surface area contributed by atoms with E-state index >= 15 is 0 Å². The van der Waals surface area contributed by atoms with Gasteiger partial charge in [-0.25, -0.2) is 4.98 Å². The second-order valence-corrected chi connectivity index (χ2v) is 6.88. The lowest BCUT2D eigenvalue weighted by Crippen LogP contribution is -2.34. The molecule has 0 aliphatic heterocycles. The van der Waals surface area contributed by atoms with Crippen LogP contribution in [0.2, 0.25) is 10.0 Å². The van der Waals surface area contributed by atoms with Crippen LogP contribution in [0.15, 0.2) is 6.07 Å². The smallest absolute Gasteiger partial charge is 0.147 e. The number of hydrogen-bond acceptors (Lipinski definition) is 4. The number of halogens is 2. The van der Waals surface area contributed by atoms with Crippen molar-refractivity contribution >= 4 is 46.6 Å². The Kier molecular flexibility index (Phi) is 6.12. The number of hydrogen-bond donors (Lipinski definition) is 2. The fourth-order valence-corrected chi connectivity index (χ4v) is 3.99. The quantitative estimate of drug-likeness (QED) is 0.802. The van der Waals surface area contributed by atoms with Crippen molar-refractivity contribution in [2.75, 3.05) is 23.4 Å². The Morgan fingerprint density at radius 3 is 2.65 bits per heavy atom. The third-order valence-corrected chi connectivity index (χ3v) is 5.35. The predicted molar refractivity (Wildman–Crippen MR) is 91.6 cm³/mol. The molecule has 0 aromatic carbocycles. The van der Waals surface area contributed by atoms with Crippen LogP contribution in [-0.4, -0.2) is 29.1 Å². The summed E-state index contributed by atoms with van der Waals surface area (Å²) in [6, 6.07) is 2.19. The third-order valence-electron chi connectivity index (χ3n) is 3.60. The molecule has 2 unspecified atom stereocenters. The first-order valence-corrected chi connectivity index (χ1v) is 9.09.